The number of aryl methyl sites for hydroxylation is 2. The van der Waals surface area contributed by atoms with E-state index in [1.54, 1.807) is 0 Å². The minimum absolute atomic E-state index is 0.428. The first-order chi connectivity index (χ1) is 7.52. The summed E-state index contributed by atoms with van der Waals surface area (Å²) in [5.74, 6) is 0. The third-order valence-electron chi connectivity index (χ3n) is 3.24. The number of aliphatic hydroxyl groups is 1. The third-order valence-corrected chi connectivity index (χ3v) is 3.24. The highest BCUT2D eigenvalue weighted by Crippen LogP contribution is 2.27. The molecule has 0 saturated carbocycles. The molecule has 0 atom stereocenters. The summed E-state index contributed by atoms with van der Waals surface area (Å²) in [5.41, 5.74) is 1.85. The Morgan fingerprint density at radius 1 is 1.50 bits per heavy atom. The van der Waals surface area contributed by atoms with Crippen molar-refractivity contribution >= 4 is 0 Å². The van der Waals surface area contributed by atoms with E-state index < -0.39 is 5.60 Å². The van der Waals surface area contributed by atoms with E-state index in [1.165, 1.54) is 5.69 Å². The summed E-state index contributed by atoms with van der Waals surface area (Å²) in [6.07, 6.45) is 1.96. The van der Waals surface area contributed by atoms with E-state index in [2.05, 4.69) is 23.0 Å². The Morgan fingerprint density at radius 3 is 2.69 bits per heavy atom. The Morgan fingerprint density at radius 2 is 2.19 bits per heavy atom. The highest BCUT2D eigenvalue weighted by molar-refractivity contribution is 5.10. The zero-order valence-corrected chi connectivity index (χ0v) is 10.4. The van der Waals surface area contributed by atoms with Crippen molar-refractivity contribution < 1.29 is 5.11 Å². The van der Waals surface area contributed by atoms with E-state index in [1.807, 2.05) is 18.7 Å². The largest absolute Gasteiger partial charge is 0.387 e. The molecule has 1 aromatic heterocycles. The zero-order valence-electron chi connectivity index (χ0n) is 10.4. The number of aromatic nitrogens is 2. The van der Waals surface area contributed by atoms with E-state index in [0.29, 0.717) is 0 Å². The van der Waals surface area contributed by atoms with Crippen LogP contribution in [0.1, 0.15) is 31.2 Å². The number of likely N-dealkylation sites (tertiary alicyclic amines) is 1. The van der Waals surface area contributed by atoms with E-state index in [9.17, 15) is 5.11 Å². The predicted octanol–water partition coefficient (Wildman–Crippen LogP) is 1.08. The molecule has 0 spiro atoms. The topological polar surface area (TPSA) is 41.3 Å². The Kier molecular flexibility index (Phi) is 3.04. The molecule has 1 N–H and O–H groups in total. The molecular weight excluding hydrogens is 202 g/mol. The molecule has 90 valence electrons. The monoisotopic (exact) mass is 223 g/mol. The fourth-order valence-corrected chi connectivity index (χ4v) is 2.56. The maximum absolute atomic E-state index is 10.1. The molecule has 0 bridgehead atoms. The first kappa shape index (κ1) is 11.6. The van der Waals surface area contributed by atoms with Gasteiger partial charge in [0, 0.05) is 26.7 Å². The molecule has 1 saturated heterocycles. The second kappa shape index (κ2) is 4.18. The van der Waals surface area contributed by atoms with E-state index >= 15 is 0 Å². The average molecular weight is 223 g/mol. The second-order valence-corrected chi connectivity index (χ2v) is 5.02. The van der Waals surface area contributed by atoms with Gasteiger partial charge < -0.3 is 5.11 Å². The summed E-state index contributed by atoms with van der Waals surface area (Å²) >= 11 is 0. The SMILES string of the molecule is CCCC1(O)CN(Cc2cc(C)nn2C)C1. The Hall–Kier alpha value is -0.870. The average Bonchev–Trinajstić information content (AvgIpc) is 2.43. The lowest BCUT2D eigenvalue weighted by atomic mass is 9.89. The van der Waals surface area contributed by atoms with Crippen molar-refractivity contribution in [2.75, 3.05) is 13.1 Å². The van der Waals surface area contributed by atoms with Crippen molar-refractivity contribution in [3.05, 3.63) is 17.5 Å². The normalized spacial score (nSPS) is 19.8. The van der Waals surface area contributed by atoms with Crippen LogP contribution in [0.3, 0.4) is 0 Å². The van der Waals surface area contributed by atoms with Gasteiger partial charge in [-0.2, -0.15) is 5.10 Å². The van der Waals surface area contributed by atoms with Crippen LogP contribution in [0.4, 0.5) is 0 Å². The Labute approximate surface area is 96.9 Å². The summed E-state index contributed by atoms with van der Waals surface area (Å²) in [5, 5.41) is 14.4. The molecule has 2 heterocycles. The van der Waals surface area contributed by atoms with Crippen LogP contribution in [0.25, 0.3) is 0 Å². The smallest absolute Gasteiger partial charge is 0.0900 e. The molecule has 1 aromatic rings. The molecule has 0 amide bonds. The van der Waals surface area contributed by atoms with Crippen molar-refractivity contribution in [2.45, 2.75) is 38.8 Å². The van der Waals surface area contributed by atoms with Crippen LogP contribution in [0, 0.1) is 6.92 Å². The Bertz CT molecular complexity index is 366. The molecule has 2 rings (SSSR count). The van der Waals surface area contributed by atoms with E-state index in [4.69, 9.17) is 0 Å². The number of hydrogen-bond donors (Lipinski definition) is 1. The second-order valence-electron chi connectivity index (χ2n) is 5.02. The molecule has 4 nitrogen and oxygen atoms in total. The van der Waals surface area contributed by atoms with Gasteiger partial charge in [0.05, 0.1) is 17.0 Å². The van der Waals surface area contributed by atoms with Crippen molar-refractivity contribution in [1.29, 1.82) is 0 Å². The van der Waals surface area contributed by atoms with Crippen molar-refractivity contribution in [3.63, 3.8) is 0 Å². The van der Waals surface area contributed by atoms with Gasteiger partial charge >= 0.3 is 0 Å². The summed E-state index contributed by atoms with van der Waals surface area (Å²) in [4.78, 5) is 2.27. The van der Waals surface area contributed by atoms with Crippen LogP contribution in [0.2, 0.25) is 0 Å². The minimum atomic E-state index is -0.428. The molecule has 1 aliphatic heterocycles. The lowest BCUT2D eigenvalue weighted by molar-refractivity contribution is -0.107. The summed E-state index contributed by atoms with van der Waals surface area (Å²) < 4.78 is 1.92. The van der Waals surface area contributed by atoms with Gasteiger partial charge in [-0.1, -0.05) is 13.3 Å². The van der Waals surface area contributed by atoms with Crippen LogP contribution in [0.5, 0.6) is 0 Å². The standard InChI is InChI=1S/C12H21N3O/c1-4-5-12(16)8-15(9-12)7-11-6-10(2)13-14(11)3/h6,16H,4-5,7-9H2,1-3H3. The number of rotatable bonds is 4. The summed E-state index contributed by atoms with van der Waals surface area (Å²) in [7, 11) is 1.97. The summed E-state index contributed by atoms with van der Waals surface area (Å²) in [6, 6.07) is 2.11. The fraction of sp³-hybridized carbons (Fsp3) is 0.750. The van der Waals surface area contributed by atoms with Gasteiger partial charge in [-0.05, 0) is 19.4 Å². The highest BCUT2D eigenvalue weighted by atomic mass is 16.3. The molecule has 0 radical (unpaired) electrons. The highest BCUT2D eigenvalue weighted by Gasteiger charge is 2.40. The molecule has 0 aliphatic carbocycles. The number of nitrogens with zero attached hydrogens (tertiary/aromatic N) is 3. The molecular formula is C12H21N3O. The quantitative estimate of drug-likeness (QED) is 0.830. The van der Waals surface area contributed by atoms with E-state index in [0.717, 1.165) is 38.2 Å². The number of hydrogen-bond acceptors (Lipinski definition) is 3. The predicted molar refractivity (Wildman–Crippen MR) is 63.1 cm³/mol. The zero-order chi connectivity index (χ0) is 11.8. The van der Waals surface area contributed by atoms with Gasteiger partial charge in [-0.3, -0.25) is 9.58 Å². The van der Waals surface area contributed by atoms with Crippen molar-refractivity contribution in [1.82, 2.24) is 14.7 Å². The Balaban J connectivity index is 1.88. The third kappa shape index (κ3) is 2.28. The summed E-state index contributed by atoms with van der Waals surface area (Å²) in [6.45, 7) is 6.61. The van der Waals surface area contributed by atoms with Gasteiger partial charge in [0.1, 0.15) is 0 Å². The van der Waals surface area contributed by atoms with Crippen LogP contribution in [0.15, 0.2) is 6.07 Å². The van der Waals surface area contributed by atoms with Gasteiger partial charge in [-0.15, -0.1) is 0 Å². The van der Waals surface area contributed by atoms with E-state index in [-0.39, 0.29) is 0 Å². The fourth-order valence-electron chi connectivity index (χ4n) is 2.56. The molecule has 1 aliphatic rings. The lowest BCUT2D eigenvalue weighted by Gasteiger charge is -2.46. The maximum atomic E-state index is 10.1. The van der Waals surface area contributed by atoms with Crippen LogP contribution < -0.4 is 0 Å². The first-order valence-corrected chi connectivity index (χ1v) is 5.97. The molecule has 16 heavy (non-hydrogen) atoms. The minimum Gasteiger partial charge on any atom is -0.387 e. The lowest BCUT2D eigenvalue weighted by Crippen LogP contribution is -2.61. The molecule has 4 heteroatoms. The molecule has 0 aromatic carbocycles. The molecule has 0 unspecified atom stereocenters. The van der Waals surface area contributed by atoms with Crippen LogP contribution in [-0.2, 0) is 13.6 Å². The van der Waals surface area contributed by atoms with Crippen LogP contribution in [-0.4, -0.2) is 38.5 Å². The van der Waals surface area contributed by atoms with Gasteiger partial charge in [0.15, 0.2) is 0 Å². The van der Waals surface area contributed by atoms with Crippen molar-refractivity contribution in [3.8, 4) is 0 Å². The van der Waals surface area contributed by atoms with Crippen molar-refractivity contribution in [2.24, 2.45) is 7.05 Å². The first-order valence-electron chi connectivity index (χ1n) is 5.97. The van der Waals surface area contributed by atoms with Gasteiger partial charge in [0.2, 0.25) is 0 Å². The van der Waals surface area contributed by atoms with Gasteiger partial charge in [-0.25, -0.2) is 0 Å². The van der Waals surface area contributed by atoms with Crippen LogP contribution >= 0.6 is 0 Å². The van der Waals surface area contributed by atoms with Gasteiger partial charge in [0.25, 0.3) is 0 Å². The number of β-amino-alcohol motifs (C(OH)–C–C–N with tert-alkyl or cyclic N) is 1. The molecule has 1 fully saturated rings. The maximum Gasteiger partial charge on any atom is 0.0900 e.